The molecule has 29 heavy (non-hydrogen) atoms. The van der Waals surface area contributed by atoms with Gasteiger partial charge in [-0.25, -0.2) is 13.4 Å². The lowest BCUT2D eigenvalue weighted by Crippen LogP contribution is -2.18. The summed E-state index contributed by atoms with van der Waals surface area (Å²) in [6.45, 7) is 0. The van der Waals surface area contributed by atoms with Crippen LogP contribution < -0.4 is 5.32 Å². The molecular formula is C21H19ClN2O3S2. The second-order valence-electron chi connectivity index (χ2n) is 6.98. The molecule has 4 rings (SSSR count). The van der Waals surface area contributed by atoms with Crippen molar-refractivity contribution < 1.29 is 13.2 Å². The van der Waals surface area contributed by atoms with Crippen LogP contribution >= 0.6 is 22.9 Å². The molecule has 0 aliphatic heterocycles. The molecule has 0 radical (unpaired) electrons. The van der Waals surface area contributed by atoms with E-state index in [2.05, 4.69) is 10.3 Å². The van der Waals surface area contributed by atoms with Gasteiger partial charge in [0.2, 0.25) is 0 Å². The van der Waals surface area contributed by atoms with Gasteiger partial charge in [0.25, 0.3) is 5.91 Å². The van der Waals surface area contributed by atoms with Gasteiger partial charge in [-0.05, 0) is 49.2 Å². The predicted octanol–water partition coefficient (Wildman–Crippen LogP) is 5.43. The van der Waals surface area contributed by atoms with E-state index in [1.165, 1.54) is 11.3 Å². The highest BCUT2D eigenvalue weighted by molar-refractivity contribution is 7.92. The number of thiazole rings is 1. The summed E-state index contributed by atoms with van der Waals surface area (Å²) in [5, 5.41) is 5.47. The SMILES string of the molecule is O=C(Nc1ccc(S(=O)(=O)C2CCCC2)cc1)c1csc(-c2cccc(Cl)c2)n1. The number of aromatic nitrogens is 1. The van der Waals surface area contributed by atoms with E-state index in [1.807, 2.05) is 12.1 Å². The third-order valence-corrected chi connectivity index (χ3v) is 8.39. The molecule has 1 N–H and O–H groups in total. The zero-order chi connectivity index (χ0) is 20.4. The molecule has 8 heteroatoms. The Bertz CT molecular complexity index is 1130. The molecule has 0 spiro atoms. The molecule has 1 saturated carbocycles. The van der Waals surface area contributed by atoms with Gasteiger partial charge in [-0.3, -0.25) is 4.79 Å². The quantitative estimate of drug-likeness (QED) is 0.566. The van der Waals surface area contributed by atoms with E-state index in [-0.39, 0.29) is 11.2 Å². The van der Waals surface area contributed by atoms with Crippen LogP contribution in [0.15, 0.2) is 58.8 Å². The van der Waals surface area contributed by atoms with Gasteiger partial charge in [-0.2, -0.15) is 0 Å². The summed E-state index contributed by atoms with van der Waals surface area (Å²) in [7, 11) is -3.30. The van der Waals surface area contributed by atoms with Crippen LogP contribution in [0.25, 0.3) is 10.6 Å². The molecule has 2 aromatic carbocycles. The maximum Gasteiger partial charge on any atom is 0.275 e. The highest BCUT2D eigenvalue weighted by Gasteiger charge is 2.30. The van der Waals surface area contributed by atoms with Crippen LogP contribution in [0.1, 0.15) is 36.2 Å². The summed E-state index contributed by atoms with van der Waals surface area (Å²) < 4.78 is 25.3. The lowest BCUT2D eigenvalue weighted by Gasteiger charge is -2.11. The number of nitrogens with one attached hydrogen (secondary N) is 1. The molecule has 1 heterocycles. The number of carbonyl (C=O) groups excluding carboxylic acids is 1. The van der Waals surface area contributed by atoms with Gasteiger partial charge in [0.1, 0.15) is 10.7 Å². The molecular weight excluding hydrogens is 428 g/mol. The number of halogens is 1. The predicted molar refractivity (Wildman–Crippen MR) is 116 cm³/mol. The number of benzene rings is 2. The zero-order valence-electron chi connectivity index (χ0n) is 15.5. The first-order chi connectivity index (χ1) is 13.9. The van der Waals surface area contributed by atoms with Crippen molar-refractivity contribution in [3.63, 3.8) is 0 Å². The van der Waals surface area contributed by atoms with Crippen LogP contribution in [0.5, 0.6) is 0 Å². The number of amides is 1. The first kappa shape index (κ1) is 20.1. The van der Waals surface area contributed by atoms with Crippen LogP contribution in [0.2, 0.25) is 5.02 Å². The summed E-state index contributed by atoms with van der Waals surface area (Å²) in [6.07, 6.45) is 3.37. The van der Waals surface area contributed by atoms with Crippen molar-refractivity contribution in [1.82, 2.24) is 4.98 Å². The minimum absolute atomic E-state index is 0.289. The number of hydrogen-bond acceptors (Lipinski definition) is 5. The number of anilines is 1. The van der Waals surface area contributed by atoms with Crippen molar-refractivity contribution in [3.05, 3.63) is 64.6 Å². The van der Waals surface area contributed by atoms with Crippen molar-refractivity contribution >= 4 is 44.4 Å². The molecule has 1 aliphatic rings. The maximum atomic E-state index is 12.6. The Balaban J connectivity index is 1.46. The number of carbonyl (C=O) groups is 1. The van der Waals surface area contributed by atoms with Gasteiger partial charge < -0.3 is 5.32 Å². The van der Waals surface area contributed by atoms with Crippen LogP contribution in [-0.4, -0.2) is 24.6 Å². The average molecular weight is 447 g/mol. The monoisotopic (exact) mass is 446 g/mol. The van der Waals surface area contributed by atoms with E-state index in [0.717, 1.165) is 31.2 Å². The standard InChI is InChI=1S/C21H19ClN2O3S2/c22-15-5-3-4-14(12-15)21-24-19(13-28-21)20(25)23-16-8-10-18(11-9-16)29(26,27)17-6-1-2-7-17/h3-5,8-13,17H,1-2,6-7H2,(H,23,25). The summed E-state index contributed by atoms with van der Waals surface area (Å²) >= 11 is 7.37. The zero-order valence-corrected chi connectivity index (χ0v) is 17.9. The van der Waals surface area contributed by atoms with Crippen molar-refractivity contribution in [2.75, 3.05) is 5.32 Å². The molecule has 1 fully saturated rings. The minimum atomic E-state index is -3.30. The van der Waals surface area contributed by atoms with Gasteiger partial charge in [-0.15, -0.1) is 11.3 Å². The largest absolute Gasteiger partial charge is 0.321 e. The fraction of sp³-hybridized carbons (Fsp3) is 0.238. The van der Waals surface area contributed by atoms with Gasteiger partial charge in [0.15, 0.2) is 9.84 Å². The van der Waals surface area contributed by atoms with Crippen LogP contribution in [0, 0.1) is 0 Å². The summed E-state index contributed by atoms with van der Waals surface area (Å²) in [4.78, 5) is 17.2. The van der Waals surface area contributed by atoms with Crippen molar-refractivity contribution in [1.29, 1.82) is 0 Å². The Kier molecular flexibility index (Phi) is 5.72. The first-order valence-corrected chi connectivity index (χ1v) is 12.1. The molecule has 0 atom stereocenters. The van der Waals surface area contributed by atoms with Gasteiger partial charge >= 0.3 is 0 Å². The van der Waals surface area contributed by atoms with E-state index < -0.39 is 9.84 Å². The molecule has 1 amide bonds. The van der Waals surface area contributed by atoms with E-state index in [4.69, 9.17) is 11.6 Å². The summed E-state index contributed by atoms with van der Waals surface area (Å²) in [5.74, 6) is -0.346. The van der Waals surface area contributed by atoms with Crippen LogP contribution in [0.4, 0.5) is 5.69 Å². The van der Waals surface area contributed by atoms with Crippen molar-refractivity contribution in [2.24, 2.45) is 0 Å². The second kappa shape index (κ2) is 8.26. The molecule has 150 valence electrons. The Morgan fingerprint density at radius 2 is 1.83 bits per heavy atom. The number of sulfone groups is 1. The highest BCUT2D eigenvalue weighted by atomic mass is 35.5. The maximum absolute atomic E-state index is 12.6. The molecule has 0 bridgehead atoms. The normalized spacial score (nSPS) is 14.8. The van der Waals surface area contributed by atoms with Crippen molar-refractivity contribution in [2.45, 2.75) is 35.8 Å². The Morgan fingerprint density at radius 1 is 1.10 bits per heavy atom. The lowest BCUT2D eigenvalue weighted by atomic mass is 10.2. The topological polar surface area (TPSA) is 76.1 Å². The second-order valence-corrected chi connectivity index (χ2v) is 10.5. The Hall–Kier alpha value is -2.22. The van der Waals surface area contributed by atoms with E-state index in [9.17, 15) is 13.2 Å². The molecule has 0 saturated heterocycles. The minimum Gasteiger partial charge on any atom is -0.321 e. The number of hydrogen-bond donors (Lipinski definition) is 1. The van der Waals surface area contributed by atoms with E-state index in [0.29, 0.717) is 26.3 Å². The van der Waals surface area contributed by atoms with E-state index in [1.54, 1.807) is 41.8 Å². The lowest BCUT2D eigenvalue weighted by molar-refractivity contribution is 0.102. The molecule has 0 unspecified atom stereocenters. The summed E-state index contributed by atoms with van der Waals surface area (Å²) in [5.41, 5.74) is 1.67. The Morgan fingerprint density at radius 3 is 2.52 bits per heavy atom. The highest BCUT2D eigenvalue weighted by Crippen LogP contribution is 2.30. The Labute approximate surface area is 178 Å². The summed E-state index contributed by atoms with van der Waals surface area (Å²) in [6, 6.07) is 13.6. The third kappa shape index (κ3) is 4.37. The molecule has 3 aromatic rings. The first-order valence-electron chi connectivity index (χ1n) is 9.30. The van der Waals surface area contributed by atoms with Crippen LogP contribution in [0.3, 0.4) is 0 Å². The third-order valence-electron chi connectivity index (χ3n) is 4.99. The van der Waals surface area contributed by atoms with Gasteiger partial charge in [0, 0.05) is 21.7 Å². The average Bonchev–Trinajstić information content (AvgIpc) is 3.41. The molecule has 1 aromatic heterocycles. The molecule has 5 nitrogen and oxygen atoms in total. The number of nitrogens with zero attached hydrogens (tertiary/aromatic N) is 1. The van der Waals surface area contributed by atoms with Gasteiger partial charge in [-0.1, -0.05) is 36.6 Å². The van der Waals surface area contributed by atoms with Gasteiger partial charge in [0.05, 0.1) is 10.1 Å². The van der Waals surface area contributed by atoms with E-state index >= 15 is 0 Å². The fourth-order valence-electron chi connectivity index (χ4n) is 3.45. The number of rotatable bonds is 5. The van der Waals surface area contributed by atoms with Crippen molar-refractivity contribution in [3.8, 4) is 10.6 Å². The van der Waals surface area contributed by atoms with Crippen LogP contribution in [-0.2, 0) is 9.84 Å². The fourth-order valence-corrected chi connectivity index (χ4v) is 6.29. The molecule has 1 aliphatic carbocycles. The smallest absolute Gasteiger partial charge is 0.275 e.